The van der Waals surface area contributed by atoms with E-state index < -0.39 is 0 Å². The van der Waals surface area contributed by atoms with Crippen molar-refractivity contribution in [2.75, 3.05) is 20.7 Å². The minimum absolute atomic E-state index is 0. The second-order valence-electron chi connectivity index (χ2n) is 5.57. The third-order valence-electron chi connectivity index (χ3n) is 3.59. The Morgan fingerprint density at radius 2 is 1.96 bits per heavy atom. The molecule has 0 atom stereocenters. The Morgan fingerprint density at radius 3 is 2.52 bits per heavy atom. The molecule has 0 aliphatic rings. The van der Waals surface area contributed by atoms with Gasteiger partial charge in [-0.1, -0.05) is 24.3 Å². The maximum absolute atomic E-state index is 5.42. The van der Waals surface area contributed by atoms with Crippen molar-refractivity contribution in [1.82, 2.24) is 15.2 Å². The van der Waals surface area contributed by atoms with Crippen molar-refractivity contribution in [3.8, 4) is 0 Å². The third kappa shape index (κ3) is 7.29. The fraction of sp³-hybridized carbons (Fsp3) is 0.444. The number of benzene rings is 1. The molecule has 1 N–H and O–H groups in total. The number of hydrogen-bond acceptors (Lipinski definition) is 4. The zero-order chi connectivity index (χ0) is 17.4. The van der Waals surface area contributed by atoms with Gasteiger partial charge in [-0.3, -0.25) is 4.99 Å². The summed E-state index contributed by atoms with van der Waals surface area (Å²) in [6.07, 6.45) is 0. The number of hydrogen-bond donors (Lipinski definition) is 1. The highest BCUT2D eigenvalue weighted by molar-refractivity contribution is 14.0. The Balaban J connectivity index is 0.00000312. The highest BCUT2D eigenvalue weighted by atomic mass is 127. The molecule has 0 saturated heterocycles. The molecule has 1 aromatic carbocycles. The highest BCUT2D eigenvalue weighted by Gasteiger charge is 2.08. The van der Waals surface area contributed by atoms with Gasteiger partial charge in [0.25, 0.3) is 0 Å². The number of aryl methyl sites for hydroxylation is 1. The molecular formula is C18H27IN4OS. The number of thiazole rings is 1. The van der Waals surface area contributed by atoms with E-state index >= 15 is 0 Å². The summed E-state index contributed by atoms with van der Waals surface area (Å²) in [4.78, 5) is 10.9. The molecule has 0 aliphatic heterocycles. The molecule has 0 saturated carbocycles. The second-order valence-corrected chi connectivity index (χ2v) is 6.63. The number of nitrogens with zero attached hydrogens (tertiary/aromatic N) is 3. The van der Waals surface area contributed by atoms with Crippen LogP contribution < -0.4 is 5.32 Å². The van der Waals surface area contributed by atoms with E-state index in [0.29, 0.717) is 6.61 Å². The van der Waals surface area contributed by atoms with Crippen LogP contribution in [0.15, 0.2) is 34.6 Å². The number of halogens is 1. The molecule has 2 rings (SSSR count). The molecule has 1 heterocycles. The Bertz CT molecular complexity index is 657. The first-order valence-electron chi connectivity index (χ1n) is 8.10. The van der Waals surface area contributed by atoms with Crippen LogP contribution in [0.1, 0.15) is 28.8 Å². The van der Waals surface area contributed by atoms with Gasteiger partial charge in [0, 0.05) is 32.6 Å². The Labute approximate surface area is 171 Å². The van der Waals surface area contributed by atoms with Crippen molar-refractivity contribution >= 4 is 41.3 Å². The first-order valence-corrected chi connectivity index (χ1v) is 8.98. The molecule has 0 spiro atoms. The van der Waals surface area contributed by atoms with E-state index in [2.05, 4.69) is 49.8 Å². The number of rotatable bonds is 7. The molecule has 0 amide bonds. The van der Waals surface area contributed by atoms with Crippen LogP contribution in [0.2, 0.25) is 0 Å². The van der Waals surface area contributed by atoms with Crippen LogP contribution in [0, 0.1) is 6.92 Å². The summed E-state index contributed by atoms with van der Waals surface area (Å²) in [5, 5.41) is 6.58. The van der Waals surface area contributed by atoms with Gasteiger partial charge in [-0.05, 0) is 25.0 Å². The van der Waals surface area contributed by atoms with Crippen molar-refractivity contribution in [3.05, 3.63) is 51.5 Å². The summed E-state index contributed by atoms with van der Waals surface area (Å²) in [6.45, 7) is 6.93. The van der Waals surface area contributed by atoms with Crippen LogP contribution in [0.4, 0.5) is 0 Å². The molecule has 138 valence electrons. The lowest BCUT2D eigenvalue weighted by atomic mass is 10.1. The Morgan fingerprint density at radius 1 is 1.28 bits per heavy atom. The van der Waals surface area contributed by atoms with Crippen molar-refractivity contribution in [1.29, 1.82) is 0 Å². The summed E-state index contributed by atoms with van der Waals surface area (Å²) in [5.41, 5.74) is 3.48. The van der Waals surface area contributed by atoms with E-state index in [-0.39, 0.29) is 24.0 Å². The van der Waals surface area contributed by atoms with E-state index in [0.717, 1.165) is 36.4 Å². The normalized spacial score (nSPS) is 11.1. The minimum atomic E-state index is 0. The zero-order valence-electron chi connectivity index (χ0n) is 15.3. The van der Waals surface area contributed by atoms with Gasteiger partial charge in [-0.2, -0.15) is 0 Å². The molecule has 1 aromatic heterocycles. The lowest BCUT2D eigenvalue weighted by Crippen LogP contribution is -2.38. The number of guanidine groups is 1. The summed E-state index contributed by atoms with van der Waals surface area (Å²) >= 11 is 1.67. The Hall–Kier alpha value is -1.19. The average molecular weight is 474 g/mol. The van der Waals surface area contributed by atoms with Crippen LogP contribution >= 0.6 is 35.3 Å². The Kier molecular flexibility index (Phi) is 9.99. The van der Waals surface area contributed by atoms with Crippen LogP contribution in [0.25, 0.3) is 0 Å². The van der Waals surface area contributed by atoms with Crippen LogP contribution in [0.3, 0.4) is 0 Å². The maximum Gasteiger partial charge on any atom is 0.194 e. The quantitative estimate of drug-likeness (QED) is 0.377. The summed E-state index contributed by atoms with van der Waals surface area (Å²) < 4.78 is 5.42. The van der Waals surface area contributed by atoms with E-state index in [4.69, 9.17) is 4.74 Å². The standard InChI is InChI=1S/C18H26N4OS.HI/c1-5-23-12-16-8-6-15(7-9-16)10-20-18(19-3)22(4)11-17-13-24-14(2)21-17;/h6-9,13H,5,10-12H2,1-4H3,(H,19,20);1H. The fourth-order valence-electron chi connectivity index (χ4n) is 2.34. The molecule has 2 aromatic rings. The summed E-state index contributed by atoms with van der Waals surface area (Å²) in [7, 11) is 3.82. The molecule has 0 fully saturated rings. The smallest absolute Gasteiger partial charge is 0.194 e. The highest BCUT2D eigenvalue weighted by Crippen LogP contribution is 2.10. The van der Waals surface area contributed by atoms with E-state index in [1.165, 1.54) is 11.1 Å². The molecule has 0 radical (unpaired) electrons. The molecule has 7 heteroatoms. The molecule has 0 aliphatic carbocycles. The number of aromatic nitrogens is 1. The topological polar surface area (TPSA) is 49.8 Å². The van der Waals surface area contributed by atoms with Crippen LogP contribution in [0.5, 0.6) is 0 Å². The largest absolute Gasteiger partial charge is 0.377 e. The second kappa shape index (κ2) is 11.4. The van der Waals surface area contributed by atoms with Crippen molar-refractivity contribution < 1.29 is 4.74 Å². The minimum Gasteiger partial charge on any atom is -0.377 e. The fourth-order valence-corrected chi connectivity index (χ4v) is 2.94. The summed E-state index contributed by atoms with van der Waals surface area (Å²) in [5.74, 6) is 0.860. The van der Waals surface area contributed by atoms with Gasteiger partial charge in [0.05, 0.1) is 23.9 Å². The number of aliphatic imine (C=N–C) groups is 1. The van der Waals surface area contributed by atoms with Crippen LogP contribution in [-0.4, -0.2) is 36.5 Å². The molecule has 0 unspecified atom stereocenters. The van der Waals surface area contributed by atoms with Crippen molar-refractivity contribution in [3.63, 3.8) is 0 Å². The molecule has 5 nitrogen and oxygen atoms in total. The van der Waals surface area contributed by atoms with Gasteiger partial charge in [0.1, 0.15) is 0 Å². The monoisotopic (exact) mass is 474 g/mol. The SMILES string of the molecule is CCOCc1ccc(CNC(=NC)N(C)Cc2csc(C)n2)cc1.I. The zero-order valence-corrected chi connectivity index (χ0v) is 18.4. The first-order chi connectivity index (χ1) is 11.6. The van der Waals surface area contributed by atoms with Crippen molar-refractivity contribution in [2.45, 2.75) is 33.5 Å². The maximum atomic E-state index is 5.42. The van der Waals surface area contributed by atoms with Gasteiger partial charge < -0.3 is 15.0 Å². The predicted molar refractivity (Wildman–Crippen MR) is 116 cm³/mol. The third-order valence-corrected chi connectivity index (χ3v) is 4.41. The van der Waals surface area contributed by atoms with E-state index in [1.54, 1.807) is 18.4 Å². The van der Waals surface area contributed by atoms with Gasteiger partial charge in [0.15, 0.2) is 5.96 Å². The first kappa shape index (κ1) is 21.9. The van der Waals surface area contributed by atoms with Crippen LogP contribution in [-0.2, 0) is 24.4 Å². The van der Waals surface area contributed by atoms with E-state index in [9.17, 15) is 0 Å². The van der Waals surface area contributed by atoms with E-state index in [1.807, 2.05) is 20.9 Å². The number of ether oxygens (including phenoxy) is 1. The van der Waals surface area contributed by atoms with Gasteiger partial charge in [-0.15, -0.1) is 35.3 Å². The molecular weight excluding hydrogens is 447 g/mol. The lowest BCUT2D eigenvalue weighted by molar-refractivity contribution is 0.134. The molecule has 25 heavy (non-hydrogen) atoms. The summed E-state index contributed by atoms with van der Waals surface area (Å²) in [6, 6.07) is 8.46. The lowest BCUT2D eigenvalue weighted by Gasteiger charge is -2.21. The van der Waals surface area contributed by atoms with Gasteiger partial charge in [-0.25, -0.2) is 4.98 Å². The number of nitrogens with one attached hydrogen (secondary N) is 1. The molecule has 0 bridgehead atoms. The van der Waals surface area contributed by atoms with Gasteiger partial charge in [0.2, 0.25) is 0 Å². The van der Waals surface area contributed by atoms with Gasteiger partial charge >= 0.3 is 0 Å². The van der Waals surface area contributed by atoms with Crippen molar-refractivity contribution in [2.24, 2.45) is 4.99 Å². The predicted octanol–water partition coefficient (Wildman–Crippen LogP) is 3.81. The average Bonchev–Trinajstić information content (AvgIpc) is 2.99.